The molecule has 0 fully saturated rings. The summed E-state index contributed by atoms with van der Waals surface area (Å²) in [6, 6.07) is 5.57. The molecule has 2 N–H and O–H groups in total. The fourth-order valence-electron chi connectivity index (χ4n) is 1.51. The Balaban J connectivity index is 2.24. The molecule has 1 aromatic carbocycles. The first-order valence-corrected chi connectivity index (χ1v) is 5.04. The molecule has 1 heterocycles. The summed E-state index contributed by atoms with van der Waals surface area (Å²) < 4.78 is 1.78. The lowest BCUT2D eigenvalue weighted by molar-refractivity contribution is 0.767. The van der Waals surface area contributed by atoms with E-state index in [1.165, 1.54) is 0 Å². The second-order valence-electron chi connectivity index (χ2n) is 3.54. The van der Waals surface area contributed by atoms with Gasteiger partial charge in [-0.1, -0.05) is 17.7 Å². The summed E-state index contributed by atoms with van der Waals surface area (Å²) >= 11 is 5.83. The van der Waals surface area contributed by atoms with E-state index in [0.29, 0.717) is 5.02 Å². The molecule has 0 spiro atoms. The largest absolute Gasteiger partial charge is 0.398 e. The van der Waals surface area contributed by atoms with Crippen molar-refractivity contribution in [3.63, 3.8) is 0 Å². The number of aromatic nitrogens is 2. The molecule has 3 nitrogen and oxygen atoms in total. The predicted molar refractivity (Wildman–Crippen MR) is 61.9 cm³/mol. The fourth-order valence-corrected chi connectivity index (χ4v) is 1.69. The maximum absolute atomic E-state index is 5.86. The minimum absolute atomic E-state index is 0.669. The Labute approximate surface area is 93.5 Å². The molecule has 2 aromatic rings. The maximum Gasteiger partial charge on any atom is 0.0525 e. The van der Waals surface area contributed by atoms with Gasteiger partial charge in [0, 0.05) is 30.4 Å². The van der Waals surface area contributed by atoms with Crippen molar-refractivity contribution in [3.05, 3.63) is 46.7 Å². The van der Waals surface area contributed by atoms with Crippen molar-refractivity contribution in [1.82, 2.24) is 9.78 Å². The van der Waals surface area contributed by atoms with Crippen molar-refractivity contribution in [2.75, 3.05) is 5.73 Å². The van der Waals surface area contributed by atoms with Gasteiger partial charge in [0.2, 0.25) is 0 Å². The topological polar surface area (TPSA) is 43.8 Å². The van der Waals surface area contributed by atoms with E-state index >= 15 is 0 Å². The molecule has 0 saturated heterocycles. The lowest BCUT2D eigenvalue weighted by atomic mass is 10.1. The first-order chi connectivity index (χ1) is 7.15. The number of hydrogen-bond acceptors (Lipinski definition) is 2. The van der Waals surface area contributed by atoms with E-state index in [-0.39, 0.29) is 0 Å². The third kappa shape index (κ3) is 2.30. The number of halogens is 1. The molecule has 1 aromatic heterocycles. The van der Waals surface area contributed by atoms with Crippen molar-refractivity contribution < 1.29 is 0 Å². The molecular weight excluding hydrogens is 210 g/mol. The van der Waals surface area contributed by atoms with E-state index in [4.69, 9.17) is 17.3 Å². The molecule has 0 atom stereocenters. The smallest absolute Gasteiger partial charge is 0.0525 e. The monoisotopic (exact) mass is 221 g/mol. The van der Waals surface area contributed by atoms with Gasteiger partial charge in [-0.25, -0.2) is 0 Å². The second kappa shape index (κ2) is 3.95. The van der Waals surface area contributed by atoms with Crippen LogP contribution in [0.3, 0.4) is 0 Å². The molecule has 0 aliphatic rings. The van der Waals surface area contributed by atoms with E-state index < -0.39 is 0 Å². The van der Waals surface area contributed by atoms with E-state index in [2.05, 4.69) is 5.10 Å². The molecule has 0 radical (unpaired) electrons. The molecule has 0 bridgehead atoms. The molecule has 0 unspecified atom stereocenters. The first kappa shape index (κ1) is 10.1. The third-order valence-corrected chi connectivity index (χ3v) is 2.50. The van der Waals surface area contributed by atoms with Gasteiger partial charge in [0.25, 0.3) is 0 Å². The zero-order valence-electron chi connectivity index (χ0n) is 8.44. The second-order valence-corrected chi connectivity index (χ2v) is 3.98. The lowest BCUT2D eigenvalue weighted by Crippen LogP contribution is -1.94. The summed E-state index contributed by atoms with van der Waals surface area (Å²) in [7, 11) is 1.90. The van der Waals surface area contributed by atoms with Crippen LogP contribution in [0.2, 0.25) is 5.02 Å². The summed E-state index contributed by atoms with van der Waals surface area (Å²) in [5.41, 5.74) is 8.81. The standard InChI is InChI=1S/C11H12ClN3/c1-15-7-8(6-14-15)4-9-2-3-10(12)5-11(9)13/h2-3,5-7H,4,13H2,1H3. The zero-order valence-corrected chi connectivity index (χ0v) is 9.20. The zero-order chi connectivity index (χ0) is 10.8. The Hall–Kier alpha value is -1.48. The summed E-state index contributed by atoms with van der Waals surface area (Å²) in [4.78, 5) is 0. The highest BCUT2D eigenvalue weighted by molar-refractivity contribution is 6.30. The molecule has 4 heteroatoms. The van der Waals surface area contributed by atoms with E-state index in [0.717, 1.165) is 23.2 Å². The highest BCUT2D eigenvalue weighted by atomic mass is 35.5. The maximum atomic E-state index is 5.86. The highest BCUT2D eigenvalue weighted by Gasteiger charge is 2.03. The Kier molecular flexibility index (Phi) is 2.64. The molecule has 15 heavy (non-hydrogen) atoms. The third-order valence-electron chi connectivity index (χ3n) is 2.26. The van der Waals surface area contributed by atoms with Gasteiger partial charge in [-0.05, 0) is 23.3 Å². The molecule has 2 rings (SSSR count). The van der Waals surface area contributed by atoms with Crippen molar-refractivity contribution in [1.29, 1.82) is 0 Å². The Morgan fingerprint density at radius 1 is 1.47 bits per heavy atom. The number of nitrogen functional groups attached to an aromatic ring is 1. The summed E-state index contributed by atoms with van der Waals surface area (Å²) in [6.45, 7) is 0. The van der Waals surface area contributed by atoms with Gasteiger partial charge in [0.05, 0.1) is 6.20 Å². The lowest BCUT2D eigenvalue weighted by Gasteiger charge is -2.03. The number of rotatable bonds is 2. The van der Waals surface area contributed by atoms with Crippen LogP contribution in [-0.4, -0.2) is 9.78 Å². The van der Waals surface area contributed by atoms with E-state index in [1.807, 2.05) is 31.6 Å². The van der Waals surface area contributed by atoms with Gasteiger partial charge in [0.1, 0.15) is 0 Å². The molecule has 0 amide bonds. The number of hydrogen-bond donors (Lipinski definition) is 1. The predicted octanol–water partition coefficient (Wildman–Crippen LogP) is 2.25. The van der Waals surface area contributed by atoms with Crippen LogP contribution in [0.15, 0.2) is 30.6 Å². The minimum atomic E-state index is 0.669. The summed E-state index contributed by atoms with van der Waals surface area (Å²) in [6.07, 6.45) is 4.61. The Morgan fingerprint density at radius 2 is 2.27 bits per heavy atom. The van der Waals surface area contributed by atoms with Gasteiger partial charge in [-0.15, -0.1) is 0 Å². The van der Waals surface area contributed by atoms with E-state index in [1.54, 1.807) is 10.7 Å². The van der Waals surface area contributed by atoms with Crippen LogP contribution in [0.25, 0.3) is 0 Å². The van der Waals surface area contributed by atoms with Gasteiger partial charge in [-0.3, -0.25) is 4.68 Å². The molecule has 0 aliphatic heterocycles. The van der Waals surface area contributed by atoms with E-state index in [9.17, 15) is 0 Å². The fraction of sp³-hybridized carbons (Fsp3) is 0.182. The summed E-state index contributed by atoms with van der Waals surface area (Å²) in [5.74, 6) is 0. The van der Waals surface area contributed by atoms with Crippen LogP contribution >= 0.6 is 11.6 Å². The Bertz CT molecular complexity index is 476. The van der Waals surface area contributed by atoms with Crippen LogP contribution in [0.5, 0.6) is 0 Å². The van der Waals surface area contributed by atoms with Crippen molar-refractivity contribution in [2.24, 2.45) is 7.05 Å². The van der Waals surface area contributed by atoms with Crippen LogP contribution in [0, 0.1) is 0 Å². The average Bonchev–Trinajstić information content (AvgIpc) is 2.56. The minimum Gasteiger partial charge on any atom is -0.398 e. The van der Waals surface area contributed by atoms with Gasteiger partial charge in [0.15, 0.2) is 0 Å². The average molecular weight is 222 g/mol. The van der Waals surface area contributed by atoms with Gasteiger partial charge >= 0.3 is 0 Å². The quantitative estimate of drug-likeness (QED) is 0.791. The number of nitrogens with zero attached hydrogens (tertiary/aromatic N) is 2. The van der Waals surface area contributed by atoms with Crippen LogP contribution in [0.1, 0.15) is 11.1 Å². The Morgan fingerprint density at radius 3 is 2.87 bits per heavy atom. The molecule has 0 aliphatic carbocycles. The SMILES string of the molecule is Cn1cc(Cc2ccc(Cl)cc2N)cn1. The number of nitrogens with two attached hydrogens (primary N) is 1. The van der Waals surface area contributed by atoms with Gasteiger partial charge in [-0.2, -0.15) is 5.10 Å². The van der Waals surface area contributed by atoms with Crippen molar-refractivity contribution in [2.45, 2.75) is 6.42 Å². The molecular formula is C11H12ClN3. The van der Waals surface area contributed by atoms with Crippen LogP contribution in [-0.2, 0) is 13.5 Å². The normalized spacial score (nSPS) is 10.5. The van der Waals surface area contributed by atoms with Crippen LogP contribution in [0.4, 0.5) is 5.69 Å². The van der Waals surface area contributed by atoms with Gasteiger partial charge < -0.3 is 5.73 Å². The highest BCUT2D eigenvalue weighted by Crippen LogP contribution is 2.20. The number of benzene rings is 1. The number of anilines is 1. The molecule has 0 saturated carbocycles. The molecule has 78 valence electrons. The van der Waals surface area contributed by atoms with Crippen molar-refractivity contribution in [3.8, 4) is 0 Å². The number of aryl methyl sites for hydroxylation is 1. The first-order valence-electron chi connectivity index (χ1n) is 4.66. The van der Waals surface area contributed by atoms with Crippen molar-refractivity contribution >= 4 is 17.3 Å². The van der Waals surface area contributed by atoms with Crippen LogP contribution < -0.4 is 5.73 Å². The summed E-state index contributed by atoms with van der Waals surface area (Å²) in [5, 5.41) is 4.78.